The van der Waals surface area contributed by atoms with Crippen molar-refractivity contribution in [2.24, 2.45) is 0 Å². The number of nitro groups is 1. The predicted molar refractivity (Wildman–Crippen MR) is 76.2 cm³/mol. The third-order valence-electron chi connectivity index (χ3n) is 2.79. The lowest BCUT2D eigenvalue weighted by atomic mass is 10.1. The summed E-state index contributed by atoms with van der Waals surface area (Å²) in [5.74, 6) is 0.261. The van der Waals surface area contributed by atoms with Crippen molar-refractivity contribution in [3.05, 3.63) is 58.4 Å². The van der Waals surface area contributed by atoms with E-state index in [1.54, 1.807) is 24.4 Å². The molecule has 0 atom stereocenters. The number of non-ortho nitro benzene ring substituents is 1. The van der Waals surface area contributed by atoms with Gasteiger partial charge in [-0.25, -0.2) is 0 Å². The number of nitrogens with zero attached hydrogens (tertiary/aromatic N) is 2. The minimum absolute atomic E-state index is 0.00640. The van der Waals surface area contributed by atoms with E-state index < -0.39 is 4.92 Å². The van der Waals surface area contributed by atoms with E-state index in [0.717, 1.165) is 0 Å². The summed E-state index contributed by atoms with van der Waals surface area (Å²) in [5, 5.41) is 13.2. The van der Waals surface area contributed by atoms with Crippen LogP contribution >= 0.6 is 0 Å². The number of ether oxygens (including phenoxy) is 1. The highest BCUT2D eigenvalue weighted by Gasteiger charge is 2.10. The molecule has 7 heteroatoms. The Bertz CT molecular complexity index is 656. The molecule has 1 aromatic heterocycles. The molecular formula is C14H13N3O4. The summed E-state index contributed by atoms with van der Waals surface area (Å²) in [7, 11) is 1.50. The molecular weight excluding hydrogens is 274 g/mol. The van der Waals surface area contributed by atoms with Crippen LogP contribution in [0.2, 0.25) is 0 Å². The molecule has 0 aliphatic heterocycles. The predicted octanol–water partition coefficient (Wildman–Crippen LogP) is 2.18. The minimum Gasteiger partial charge on any atom is -0.494 e. The molecule has 7 nitrogen and oxygen atoms in total. The second-order valence-electron chi connectivity index (χ2n) is 4.22. The number of anilines is 1. The smallest absolute Gasteiger partial charge is 0.269 e. The fourth-order valence-electron chi connectivity index (χ4n) is 1.77. The molecule has 0 unspecified atom stereocenters. The van der Waals surface area contributed by atoms with E-state index in [2.05, 4.69) is 10.3 Å². The largest absolute Gasteiger partial charge is 0.494 e. The lowest BCUT2D eigenvalue weighted by molar-refractivity contribution is -0.384. The molecule has 1 amide bonds. The summed E-state index contributed by atoms with van der Waals surface area (Å²) in [6.07, 6.45) is 3.16. The topological polar surface area (TPSA) is 94.4 Å². The molecule has 1 N–H and O–H groups in total. The highest BCUT2D eigenvalue weighted by atomic mass is 16.6. The number of hydrogen-bond donors (Lipinski definition) is 1. The van der Waals surface area contributed by atoms with Crippen molar-refractivity contribution in [1.82, 2.24) is 4.98 Å². The zero-order valence-corrected chi connectivity index (χ0v) is 11.3. The average Bonchev–Trinajstić information content (AvgIpc) is 2.48. The standard InChI is InChI=1S/C14H13N3O4/c1-21-13-6-7-15-9-12(13)16-14(18)8-10-2-4-11(5-3-10)17(19)20/h2-7,9H,8H2,1H3,(H,16,18). The minimum atomic E-state index is -0.482. The Morgan fingerprint density at radius 1 is 1.33 bits per heavy atom. The van der Waals surface area contributed by atoms with Gasteiger partial charge >= 0.3 is 0 Å². The normalized spacial score (nSPS) is 9.95. The van der Waals surface area contributed by atoms with Crippen LogP contribution in [0.25, 0.3) is 0 Å². The van der Waals surface area contributed by atoms with Gasteiger partial charge in [-0.2, -0.15) is 0 Å². The number of hydrogen-bond acceptors (Lipinski definition) is 5. The molecule has 2 aromatic rings. The lowest BCUT2D eigenvalue weighted by Crippen LogP contribution is -2.15. The Labute approximate surface area is 120 Å². The Kier molecular flexibility index (Phi) is 4.45. The zero-order chi connectivity index (χ0) is 15.2. The molecule has 1 heterocycles. The third-order valence-corrected chi connectivity index (χ3v) is 2.79. The van der Waals surface area contributed by atoms with Gasteiger partial charge in [-0.3, -0.25) is 19.9 Å². The molecule has 0 saturated carbocycles. The first kappa shape index (κ1) is 14.4. The molecule has 0 bridgehead atoms. The van der Waals surface area contributed by atoms with Crippen LogP contribution in [0.15, 0.2) is 42.7 Å². The van der Waals surface area contributed by atoms with E-state index in [0.29, 0.717) is 17.0 Å². The average molecular weight is 287 g/mol. The van der Waals surface area contributed by atoms with Gasteiger partial charge in [-0.05, 0) is 5.56 Å². The van der Waals surface area contributed by atoms with Gasteiger partial charge in [0, 0.05) is 24.4 Å². The van der Waals surface area contributed by atoms with Crippen molar-refractivity contribution in [1.29, 1.82) is 0 Å². The molecule has 0 fully saturated rings. The van der Waals surface area contributed by atoms with Crippen LogP contribution < -0.4 is 10.1 Å². The molecule has 0 aliphatic carbocycles. The summed E-state index contributed by atoms with van der Waals surface area (Å²) in [5.41, 5.74) is 1.15. The first-order chi connectivity index (χ1) is 10.1. The summed E-state index contributed by atoms with van der Waals surface area (Å²) in [4.78, 5) is 25.9. The molecule has 0 radical (unpaired) electrons. The first-order valence-corrected chi connectivity index (χ1v) is 6.11. The van der Waals surface area contributed by atoms with Crippen molar-refractivity contribution in [3.63, 3.8) is 0 Å². The van der Waals surface area contributed by atoms with Crippen LogP contribution in [0.3, 0.4) is 0 Å². The number of nitro benzene ring substituents is 1. The van der Waals surface area contributed by atoms with Gasteiger partial charge in [0.05, 0.1) is 24.7 Å². The van der Waals surface area contributed by atoms with E-state index in [9.17, 15) is 14.9 Å². The van der Waals surface area contributed by atoms with Crippen LogP contribution in [0.4, 0.5) is 11.4 Å². The zero-order valence-electron chi connectivity index (χ0n) is 11.3. The maximum absolute atomic E-state index is 11.9. The van der Waals surface area contributed by atoms with Gasteiger partial charge in [-0.1, -0.05) is 12.1 Å². The summed E-state index contributed by atoms with van der Waals surface area (Å²) >= 11 is 0. The monoisotopic (exact) mass is 287 g/mol. The summed E-state index contributed by atoms with van der Waals surface area (Å²) in [6, 6.07) is 7.48. The molecule has 2 rings (SSSR count). The van der Waals surface area contributed by atoms with Crippen LogP contribution in [-0.4, -0.2) is 22.9 Å². The van der Waals surface area contributed by atoms with Crippen molar-refractivity contribution in [3.8, 4) is 5.75 Å². The van der Waals surface area contributed by atoms with Crippen LogP contribution in [0.1, 0.15) is 5.56 Å². The third kappa shape index (κ3) is 3.75. The number of aromatic nitrogens is 1. The van der Waals surface area contributed by atoms with E-state index in [1.807, 2.05) is 0 Å². The number of carbonyl (C=O) groups is 1. The molecule has 108 valence electrons. The quantitative estimate of drug-likeness (QED) is 0.671. The van der Waals surface area contributed by atoms with Crippen molar-refractivity contribution in [2.75, 3.05) is 12.4 Å². The Morgan fingerprint density at radius 2 is 2.05 bits per heavy atom. The lowest BCUT2D eigenvalue weighted by Gasteiger charge is -2.09. The summed E-state index contributed by atoms with van der Waals surface area (Å²) < 4.78 is 5.11. The van der Waals surface area contributed by atoms with Gasteiger partial charge in [-0.15, -0.1) is 0 Å². The first-order valence-electron chi connectivity index (χ1n) is 6.11. The Morgan fingerprint density at radius 3 is 2.67 bits per heavy atom. The van der Waals surface area contributed by atoms with Crippen molar-refractivity contribution in [2.45, 2.75) is 6.42 Å². The fraction of sp³-hybridized carbons (Fsp3) is 0.143. The molecule has 0 aliphatic rings. The number of amides is 1. The maximum atomic E-state index is 11.9. The van der Waals surface area contributed by atoms with Gasteiger partial charge in [0.1, 0.15) is 11.4 Å². The van der Waals surface area contributed by atoms with Gasteiger partial charge in [0.2, 0.25) is 5.91 Å². The second-order valence-corrected chi connectivity index (χ2v) is 4.22. The van der Waals surface area contributed by atoms with E-state index >= 15 is 0 Å². The number of pyridine rings is 1. The fourth-order valence-corrected chi connectivity index (χ4v) is 1.77. The highest BCUT2D eigenvalue weighted by Crippen LogP contribution is 2.22. The van der Waals surface area contributed by atoms with Gasteiger partial charge < -0.3 is 10.1 Å². The van der Waals surface area contributed by atoms with Crippen molar-refractivity contribution < 1.29 is 14.5 Å². The number of rotatable bonds is 5. The maximum Gasteiger partial charge on any atom is 0.269 e. The van der Waals surface area contributed by atoms with E-state index in [4.69, 9.17) is 4.74 Å². The summed E-state index contributed by atoms with van der Waals surface area (Å²) in [6.45, 7) is 0. The molecule has 0 spiro atoms. The number of methoxy groups -OCH3 is 1. The molecule has 0 saturated heterocycles. The molecule has 1 aromatic carbocycles. The van der Waals surface area contributed by atoms with Crippen molar-refractivity contribution >= 4 is 17.3 Å². The number of benzene rings is 1. The van der Waals surface area contributed by atoms with Crippen LogP contribution in [0, 0.1) is 10.1 Å². The van der Waals surface area contributed by atoms with Crippen LogP contribution in [-0.2, 0) is 11.2 Å². The number of nitrogens with one attached hydrogen (secondary N) is 1. The Hall–Kier alpha value is -2.96. The van der Waals surface area contributed by atoms with Gasteiger partial charge in [0.25, 0.3) is 5.69 Å². The van der Waals surface area contributed by atoms with E-state index in [1.165, 1.54) is 25.4 Å². The SMILES string of the molecule is COc1ccncc1NC(=O)Cc1ccc([N+](=O)[O-])cc1. The Balaban J connectivity index is 2.03. The highest BCUT2D eigenvalue weighted by molar-refractivity contribution is 5.93. The van der Waals surface area contributed by atoms with Gasteiger partial charge in [0.15, 0.2) is 0 Å². The second kappa shape index (κ2) is 6.47. The molecule has 21 heavy (non-hydrogen) atoms. The number of carbonyl (C=O) groups excluding carboxylic acids is 1. The van der Waals surface area contributed by atoms with Crippen LogP contribution in [0.5, 0.6) is 5.75 Å². The van der Waals surface area contributed by atoms with E-state index in [-0.39, 0.29) is 18.0 Å².